The maximum absolute atomic E-state index is 5.54. The number of thiophene rings is 1. The average Bonchev–Trinajstić information content (AvgIpc) is 3.26. The highest BCUT2D eigenvalue weighted by atomic mass is 32.1. The van der Waals surface area contributed by atoms with Crippen LogP contribution in [0.5, 0.6) is 0 Å². The first kappa shape index (κ1) is 21.6. The van der Waals surface area contributed by atoms with Crippen LogP contribution in [0.3, 0.4) is 0 Å². The summed E-state index contributed by atoms with van der Waals surface area (Å²) < 4.78 is 5.54. The Morgan fingerprint density at radius 3 is 2.71 bits per heavy atom. The second-order valence-corrected chi connectivity index (χ2v) is 8.92. The van der Waals surface area contributed by atoms with Crippen molar-refractivity contribution in [3.05, 3.63) is 22.4 Å². The largest absolute Gasteiger partial charge is 0.379 e. The second-order valence-electron chi connectivity index (χ2n) is 7.94. The topological polar surface area (TPSA) is 52.1 Å². The molecular formula is C21H37N5OS. The number of guanidine groups is 1. The zero-order valence-corrected chi connectivity index (χ0v) is 18.3. The third-order valence-corrected chi connectivity index (χ3v) is 6.84. The van der Waals surface area contributed by atoms with Gasteiger partial charge in [0, 0.05) is 38.1 Å². The van der Waals surface area contributed by atoms with E-state index in [1.165, 1.54) is 37.4 Å². The van der Waals surface area contributed by atoms with Crippen molar-refractivity contribution in [3.63, 3.8) is 0 Å². The first-order valence-electron chi connectivity index (χ1n) is 10.8. The number of aliphatic imine (C=N–C) groups is 1. The number of morpholine rings is 1. The highest BCUT2D eigenvalue weighted by molar-refractivity contribution is 7.10. The predicted molar refractivity (Wildman–Crippen MR) is 118 cm³/mol. The van der Waals surface area contributed by atoms with E-state index in [0.717, 1.165) is 57.7 Å². The Morgan fingerprint density at radius 2 is 2.04 bits per heavy atom. The molecule has 0 radical (unpaired) electrons. The Hall–Kier alpha value is -1.15. The van der Waals surface area contributed by atoms with Gasteiger partial charge in [0.1, 0.15) is 0 Å². The van der Waals surface area contributed by atoms with E-state index in [-0.39, 0.29) is 0 Å². The van der Waals surface area contributed by atoms with Gasteiger partial charge in [0.15, 0.2) is 5.96 Å². The van der Waals surface area contributed by atoms with E-state index in [4.69, 9.17) is 4.74 Å². The minimum Gasteiger partial charge on any atom is -0.379 e. The number of ether oxygens (including phenoxy) is 1. The summed E-state index contributed by atoms with van der Waals surface area (Å²) in [5.74, 6) is 1.81. The summed E-state index contributed by atoms with van der Waals surface area (Å²) in [6.07, 6.45) is 3.86. The summed E-state index contributed by atoms with van der Waals surface area (Å²) in [5, 5.41) is 9.21. The van der Waals surface area contributed by atoms with Gasteiger partial charge in [-0.05, 0) is 56.3 Å². The number of hydrogen-bond acceptors (Lipinski definition) is 5. The molecule has 28 heavy (non-hydrogen) atoms. The molecule has 3 heterocycles. The molecule has 2 saturated heterocycles. The number of piperidine rings is 1. The molecule has 0 saturated carbocycles. The second kappa shape index (κ2) is 11.8. The molecule has 1 aromatic rings. The molecule has 0 aliphatic carbocycles. The fourth-order valence-electron chi connectivity index (χ4n) is 3.99. The first-order chi connectivity index (χ1) is 13.8. The van der Waals surface area contributed by atoms with E-state index >= 15 is 0 Å². The molecule has 2 N–H and O–H groups in total. The van der Waals surface area contributed by atoms with Crippen LogP contribution in [0.4, 0.5) is 0 Å². The van der Waals surface area contributed by atoms with Gasteiger partial charge in [-0.25, -0.2) is 0 Å². The monoisotopic (exact) mass is 407 g/mol. The molecule has 0 aromatic carbocycles. The summed E-state index contributed by atoms with van der Waals surface area (Å²) >= 11 is 1.83. The van der Waals surface area contributed by atoms with Crippen molar-refractivity contribution in [2.24, 2.45) is 10.9 Å². The van der Waals surface area contributed by atoms with E-state index in [1.54, 1.807) is 0 Å². The molecule has 7 heteroatoms. The molecule has 6 nitrogen and oxygen atoms in total. The van der Waals surface area contributed by atoms with Crippen molar-refractivity contribution in [1.82, 2.24) is 20.4 Å². The quantitative estimate of drug-likeness (QED) is 0.394. The van der Waals surface area contributed by atoms with Crippen molar-refractivity contribution in [2.75, 3.05) is 66.1 Å². The van der Waals surface area contributed by atoms with Crippen molar-refractivity contribution < 1.29 is 4.74 Å². The normalized spacial score (nSPS) is 21.6. The van der Waals surface area contributed by atoms with Gasteiger partial charge in [-0.15, -0.1) is 11.3 Å². The first-order valence-corrected chi connectivity index (χ1v) is 11.7. The molecule has 2 aliphatic heterocycles. The molecule has 1 atom stereocenters. The van der Waals surface area contributed by atoms with Crippen LogP contribution in [0, 0.1) is 5.92 Å². The number of nitrogens with one attached hydrogen (secondary N) is 2. The lowest BCUT2D eigenvalue weighted by atomic mass is 9.99. The van der Waals surface area contributed by atoms with Gasteiger partial charge in [0.2, 0.25) is 0 Å². The van der Waals surface area contributed by atoms with Gasteiger partial charge >= 0.3 is 0 Å². The average molecular weight is 408 g/mol. The van der Waals surface area contributed by atoms with Crippen LogP contribution < -0.4 is 10.6 Å². The maximum atomic E-state index is 5.54. The number of rotatable bonds is 8. The predicted octanol–water partition coefficient (Wildman–Crippen LogP) is 2.41. The van der Waals surface area contributed by atoms with Gasteiger partial charge in [-0.1, -0.05) is 13.0 Å². The maximum Gasteiger partial charge on any atom is 0.191 e. The zero-order valence-electron chi connectivity index (χ0n) is 17.5. The minimum atomic E-state index is 0.373. The molecule has 0 spiro atoms. The number of nitrogens with zero attached hydrogens (tertiary/aromatic N) is 3. The van der Waals surface area contributed by atoms with Crippen molar-refractivity contribution >= 4 is 17.3 Å². The van der Waals surface area contributed by atoms with Gasteiger partial charge in [0.05, 0.1) is 19.3 Å². The highest BCUT2D eigenvalue weighted by Gasteiger charge is 2.23. The van der Waals surface area contributed by atoms with E-state index in [0.29, 0.717) is 6.04 Å². The molecule has 1 unspecified atom stereocenters. The zero-order chi connectivity index (χ0) is 19.6. The Labute approximate surface area is 174 Å². The van der Waals surface area contributed by atoms with Gasteiger partial charge in [-0.2, -0.15) is 0 Å². The van der Waals surface area contributed by atoms with Crippen LogP contribution in [0.1, 0.15) is 37.1 Å². The van der Waals surface area contributed by atoms with Crippen LogP contribution in [0.25, 0.3) is 0 Å². The number of hydrogen-bond donors (Lipinski definition) is 2. The SMILES string of the molecule is CN=C(NCCCN1CCC(C)CC1)NCC(c1cccs1)N1CCOCC1. The Bertz CT molecular complexity index is 565. The lowest BCUT2D eigenvalue weighted by Gasteiger charge is -2.34. The molecular weight excluding hydrogens is 370 g/mol. The fraction of sp³-hybridized carbons (Fsp3) is 0.762. The molecule has 1 aromatic heterocycles. The van der Waals surface area contributed by atoms with Crippen molar-refractivity contribution in [3.8, 4) is 0 Å². The van der Waals surface area contributed by atoms with E-state index in [1.807, 2.05) is 18.4 Å². The van der Waals surface area contributed by atoms with Crippen LogP contribution in [-0.2, 0) is 4.74 Å². The Kier molecular flexibility index (Phi) is 9.05. The van der Waals surface area contributed by atoms with Crippen molar-refractivity contribution in [1.29, 1.82) is 0 Å². The molecule has 3 rings (SSSR count). The summed E-state index contributed by atoms with van der Waals surface area (Å²) in [5.41, 5.74) is 0. The molecule has 2 aliphatic rings. The standard InChI is InChI=1S/C21H37N5OS/c1-18-6-10-25(11-7-18)9-4-8-23-21(22-2)24-17-19(20-5-3-16-28-20)26-12-14-27-15-13-26/h3,5,16,18-19H,4,6-15,17H2,1-2H3,(H2,22,23,24). The lowest BCUT2D eigenvalue weighted by Crippen LogP contribution is -2.46. The smallest absolute Gasteiger partial charge is 0.191 e. The Balaban J connectivity index is 1.40. The summed E-state index contributed by atoms with van der Waals surface area (Å²) in [6, 6.07) is 4.75. The van der Waals surface area contributed by atoms with Gasteiger partial charge in [-0.3, -0.25) is 9.89 Å². The molecule has 0 bridgehead atoms. The fourth-order valence-corrected chi connectivity index (χ4v) is 4.85. The Morgan fingerprint density at radius 1 is 1.25 bits per heavy atom. The van der Waals surface area contributed by atoms with Gasteiger partial charge < -0.3 is 20.3 Å². The van der Waals surface area contributed by atoms with E-state index in [2.05, 4.69) is 49.9 Å². The third kappa shape index (κ3) is 6.72. The van der Waals surface area contributed by atoms with E-state index in [9.17, 15) is 0 Å². The lowest BCUT2D eigenvalue weighted by molar-refractivity contribution is 0.0177. The molecule has 2 fully saturated rings. The van der Waals surface area contributed by atoms with Crippen molar-refractivity contribution in [2.45, 2.75) is 32.2 Å². The van der Waals surface area contributed by atoms with E-state index < -0.39 is 0 Å². The highest BCUT2D eigenvalue weighted by Crippen LogP contribution is 2.25. The van der Waals surface area contributed by atoms with Crippen LogP contribution >= 0.6 is 11.3 Å². The third-order valence-electron chi connectivity index (χ3n) is 5.86. The molecule has 158 valence electrons. The van der Waals surface area contributed by atoms with Gasteiger partial charge in [0.25, 0.3) is 0 Å². The molecule has 0 amide bonds. The summed E-state index contributed by atoms with van der Waals surface area (Å²) in [4.78, 5) is 10.9. The minimum absolute atomic E-state index is 0.373. The summed E-state index contributed by atoms with van der Waals surface area (Å²) in [6.45, 7) is 11.5. The van der Waals surface area contributed by atoms with Crippen LogP contribution in [-0.4, -0.2) is 81.8 Å². The summed E-state index contributed by atoms with van der Waals surface area (Å²) in [7, 11) is 1.86. The number of likely N-dealkylation sites (tertiary alicyclic amines) is 1. The van der Waals surface area contributed by atoms with Crippen LogP contribution in [0.2, 0.25) is 0 Å². The van der Waals surface area contributed by atoms with Crippen LogP contribution in [0.15, 0.2) is 22.5 Å².